The maximum atomic E-state index is 11.8. The van der Waals surface area contributed by atoms with Crippen molar-refractivity contribution >= 4 is 17.7 Å². The third-order valence-corrected chi connectivity index (χ3v) is 6.02. The second-order valence-corrected chi connectivity index (χ2v) is 9.34. The van der Waals surface area contributed by atoms with E-state index in [0.717, 1.165) is 0 Å². The van der Waals surface area contributed by atoms with Gasteiger partial charge in [0, 0.05) is 80.7 Å². The number of methoxy groups -OCH3 is 3. The van der Waals surface area contributed by atoms with Crippen LogP contribution in [-0.4, -0.2) is 145 Å². The minimum atomic E-state index is -0.244. The minimum Gasteiger partial charge on any atom is -0.505 e. The number of likely N-dealkylation sites (N-methyl/N-ethyl adjacent to an activating group) is 3. The molecule has 0 aliphatic carbocycles. The topological polar surface area (TPSA) is 188 Å². The molecule has 0 aromatic carbocycles. The average Bonchev–Trinajstić information content (AvgIpc) is 3.05. The van der Waals surface area contributed by atoms with Crippen LogP contribution in [-0.2, 0) is 31.3 Å². The molecular formula is C30H42FeN6O9+3. The molecule has 251 valence electrons. The number of carbonyl (C=O) groups excluding carboxylic acids is 3. The number of hydrogen-bond acceptors (Lipinski definition) is 12. The fourth-order valence-electron chi connectivity index (χ4n) is 3.31. The average molecular weight is 687 g/mol. The predicted molar refractivity (Wildman–Crippen MR) is 164 cm³/mol. The summed E-state index contributed by atoms with van der Waals surface area (Å²) in [5, 5.41) is 28.2. The molecule has 3 N–H and O–H groups in total. The molecule has 3 rings (SSSR count). The molecule has 0 bridgehead atoms. The number of pyridine rings is 3. The van der Waals surface area contributed by atoms with Gasteiger partial charge in [-0.25, -0.2) is 0 Å². The van der Waals surface area contributed by atoms with E-state index in [1.54, 1.807) is 42.5 Å². The second kappa shape index (κ2) is 23.1. The van der Waals surface area contributed by atoms with Gasteiger partial charge >= 0.3 is 17.1 Å². The van der Waals surface area contributed by atoms with E-state index in [4.69, 9.17) is 14.2 Å². The zero-order valence-corrected chi connectivity index (χ0v) is 27.9. The molecule has 0 spiro atoms. The Morgan fingerprint density at radius 3 is 1.00 bits per heavy atom. The van der Waals surface area contributed by atoms with Crippen LogP contribution in [0.5, 0.6) is 17.2 Å². The molecule has 3 aromatic heterocycles. The van der Waals surface area contributed by atoms with Gasteiger partial charge in [0.05, 0.1) is 55.1 Å². The normalized spacial score (nSPS) is 9.78. The van der Waals surface area contributed by atoms with Crippen molar-refractivity contribution in [1.82, 2.24) is 29.7 Å². The molecular weight excluding hydrogens is 644 g/mol. The van der Waals surface area contributed by atoms with Crippen molar-refractivity contribution in [1.29, 1.82) is 0 Å². The maximum absolute atomic E-state index is 11.8. The smallest absolute Gasteiger partial charge is 0.505 e. The Bertz CT molecular complexity index is 1190. The van der Waals surface area contributed by atoms with Gasteiger partial charge in [0.15, 0.2) is 0 Å². The van der Waals surface area contributed by atoms with Crippen molar-refractivity contribution in [3.8, 4) is 17.2 Å². The summed E-state index contributed by atoms with van der Waals surface area (Å²) in [4.78, 5) is 50.8. The summed E-state index contributed by atoms with van der Waals surface area (Å²) in [7, 11) is 9.68. The molecule has 0 fully saturated rings. The number of ether oxygens (including phenoxy) is 3. The van der Waals surface area contributed by atoms with E-state index < -0.39 is 0 Å². The Hall–Kier alpha value is -4.34. The number of aromatic hydroxyl groups is 3. The molecule has 3 heterocycles. The first-order valence-electron chi connectivity index (χ1n) is 13.6. The van der Waals surface area contributed by atoms with Crippen molar-refractivity contribution in [3.63, 3.8) is 0 Å². The molecule has 0 unspecified atom stereocenters. The Kier molecular flexibility index (Phi) is 20.9. The van der Waals surface area contributed by atoms with E-state index in [-0.39, 0.29) is 68.7 Å². The summed E-state index contributed by atoms with van der Waals surface area (Å²) in [6.07, 6.45) is 8.15. The summed E-state index contributed by atoms with van der Waals surface area (Å²) < 4.78 is 14.6. The number of nitrogens with zero attached hydrogens (tertiary/aromatic N) is 6. The van der Waals surface area contributed by atoms with Gasteiger partial charge in [0.2, 0.25) is 0 Å². The first-order chi connectivity index (χ1) is 21.5. The summed E-state index contributed by atoms with van der Waals surface area (Å²) in [6.45, 7) is 2.85. The van der Waals surface area contributed by atoms with Crippen LogP contribution in [0, 0.1) is 0 Å². The number of rotatable bonds is 12. The molecule has 16 heteroatoms. The fraction of sp³-hybridized carbons (Fsp3) is 0.400. The van der Waals surface area contributed by atoms with Gasteiger partial charge < -0.3 is 44.2 Å². The standard InChI is InChI=1S/3C10H14N2O3.Fe/c3*1-12(5-6-15-2)10(14)8-3-4-11-7-9(8)13;/h3*3-4,7,13H,5-6H2,1-2H3;/q;;;+3. The van der Waals surface area contributed by atoms with Crippen LogP contribution in [0.4, 0.5) is 0 Å². The zero-order chi connectivity index (χ0) is 33.8. The number of hydrogen-bond donors (Lipinski definition) is 3. The molecule has 1 radical (unpaired) electrons. The third kappa shape index (κ3) is 14.2. The number of amides is 3. The van der Waals surface area contributed by atoms with Gasteiger partial charge in [-0.3, -0.25) is 29.3 Å². The molecule has 0 saturated heterocycles. The quantitative estimate of drug-likeness (QED) is 0.234. The van der Waals surface area contributed by atoms with Crippen LogP contribution < -0.4 is 0 Å². The van der Waals surface area contributed by atoms with Gasteiger partial charge in [0.1, 0.15) is 17.2 Å². The van der Waals surface area contributed by atoms with Crippen molar-refractivity contribution in [2.75, 3.05) is 81.9 Å². The molecule has 0 atom stereocenters. The number of carbonyl (C=O) groups is 3. The summed E-state index contributed by atoms with van der Waals surface area (Å²) in [6, 6.07) is 4.46. The Labute approximate surface area is 279 Å². The van der Waals surface area contributed by atoms with E-state index in [1.165, 1.54) is 70.1 Å². The molecule has 0 saturated carbocycles. The van der Waals surface area contributed by atoms with Crippen molar-refractivity contribution < 1.29 is 61.0 Å². The van der Waals surface area contributed by atoms with Crippen LogP contribution in [0.2, 0.25) is 0 Å². The molecule has 0 aliphatic rings. The van der Waals surface area contributed by atoms with Crippen molar-refractivity contribution in [3.05, 3.63) is 72.1 Å². The Balaban J connectivity index is 0.000000653. The van der Waals surface area contributed by atoms with E-state index in [2.05, 4.69) is 15.0 Å². The van der Waals surface area contributed by atoms with Gasteiger partial charge in [-0.2, -0.15) is 0 Å². The minimum absolute atomic E-state index is 0. The summed E-state index contributed by atoms with van der Waals surface area (Å²) in [5.74, 6) is -1.05. The summed E-state index contributed by atoms with van der Waals surface area (Å²) >= 11 is 0. The first-order valence-corrected chi connectivity index (χ1v) is 13.6. The fourth-order valence-corrected chi connectivity index (χ4v) is 3.31. The maximum Gasteiger partial charge on any atom is 3.00 e. The van der Waals surface area contributed by atoms with E-state index in [9.17, 15) is 29.7 Å². The van der Waals surface area contributed by atoms with E-state index in [0.29, 0.717) is 39.5 Å². The monoisotopic (exact) mass is 686 g/mol. The van der Waals surface area contributed by atoms with E-state index in [1.807, 2.05) is 0 Å². The van der Waals surface area contributed by atoms with Crippen LogP contribution in [0.3, 0.4) is 0 Å². The third-order valence-electron chi connectivity index (χ3n) is 6.02. The van der Waals surface area contributed by atoms with Gasteiger partial charge in [-0.15, -0.1) is 0 Å². The summed E-state index contributed by atoms with van der Waals surface area (Å²) in [5.41, 5.74) is 0.760. The SMILES string of the molecule is COCCN(C)C(=O)c1ccncc1O.COCCN(C)C(=O)c1ccncc1O.COCCN(C)C(=O)c1ccncc1O.[Fe+3]. The van der Waals surface area contributed by atoms with Gasteiger partial charge in [-0.1, -0.05) is 0 Å². The molecule has 46 heavy (non-hydrogen) atoms. The molecule has 3 amide bonds. The molecule has 15 nitrogen and oxygen atoms in total. The van der Waals surface area contributed by atoms with Crippen molar-refractivity contribution in [2.24, 2.45) is 0 Å². The van der Waals surface area contributed by atoms with Gasteiger partial charge in [-0.05, 0) is 18.2 Å². The molecule has 3 aromatic rings. The van der Waals surface area contributed by atoms with Crippen LogP contribution in [0.15, 0.2) is 55.4 Å². The van der Waals surface area contributed by atoms with Crippen molar-refractivity contribution in [2.45, 2.75) is 0 Å². The largest absolute Gasteiger partial charge is 3.00 e. The zero-order valence-electron chi connectivity index (χ0n) is 26.8. The van der Waals surface area contributed by atoms with E-state index >= 15 is 0 Å². The predicted octanol–water partition coefficient (Wildman–Crippen LogP) is 1.51. The molecule has 0 aliphatic heterocycles. The van der Waals surface area contributed by atoms with Crippen LogP contribution in [0.1, 0.15) is 31.1 Å². The van der Waals surface area contributed by atoms with Crippen LogP contribution >= 0.6 is 0 Å². The van der Waals surface area contributed by atoms with Crippen LogP contribution in [0.25, 0.3) is 0 Å². The first kappa shape index (κ1) is 41.7. The second-order valence-electron chi connectivity index (χ2n) is 9.34. The Morgan fingerprint density at radius 1 is 0.565 bits per heavy atom. The Morgan fingerprint density at radius 2 is 0.804 bits per heavy atom. The number of aromatic nitrogens is 3. The van der Waals surface area contributed by atoms with Gasteiger partial charge in [0.25, 0.3) is 17.7 Å².